The third kappa shape index (κ3) is 6.36. The molecule has 0 aliphatic carbocycles. The van der Waals surface area contributed by atoms with E-state index in [1.165, 1.54) is 0 Å². The summed E-state index contributed by atoms with van der Waals surface area (Å²) in [5.74, 6) is 0.628. The van der Waals surface area contributed by atoms with E-state index >= 15 is 0 Å². The number of piperazine rings is 1. The molecule has 0 unspecified atom stereocenters. The molecule has 1 N–H and O–H groups in total. The Balaban J connectivity index is 1.36. The lowest BCUT2D eigenvalue weighted by Crippen LogP contribution is -2.51. The first-order valence-corrected chi connectivity index (χ1v) is 10.6. The van der Waals surface area contributed by atoms with E-state index in [0.717, 1.165) is 11.3 Å². The Labute approximate surface area is 186 Å². The van der Waals surface area contributed by atoms with E-state index in [1.807, 2.05) is 36.1 Å². The molecule has 0 saturated carbocycles. The van der Waals surface area contributed by atoms with Gasteiger partial charge in [0.1, 0.15) is 12.4 Å². The first-order valence-electron chi connectivity index (χ1n) is 9.85. The second kappa shape index (κ2) is 10.7. The van der Waals surface area contributed by atoms with Crippen molar-refractivity contribution in [1.29, 1.82) is 0 Å². The van der Waals surface area contributed by atoms with Crippen molar-refractivity contribution in [3.05, 3.63) is 63.6 Å². The van der Waals surface area contributed by atoms with Crippen LogP contribution in [-0.2, 0) is 4.79 Å². The van der Waals surface area contributed by atoms with E-state index in [1.54, 1.807) is 23.1 Å². The van der Waals surface area contributed by atoms with Crippen molar-refractivity contribution < 1.29 is 14.3 Å². The second-order valence-corrected chi connectivity index (χ2v) is 8.05. The number of benzene rings is 2. The van der Waals surface area contributed by atoms with Gasteiger partial charge in [0.05, 0.1) is 23.7 Å². The molecule has 160 valence electrons. The average molecular weight is 450 g/mol. The molecule has 1 fully saturated rings. The molecular weight excluding hydrogens is 425 g/mol. The first kappa shape index (κ1) is 22.4. The number of rotatable bonds is 7. The smallest absolute Gasteiger partial charge is 0.255 e. The molecule has 0 atom stereocenters. The van der Waals surface area contributed by atoms with E-state index in [-0.39, 0.29) is 11.8 Å². The maximum atomic E-state index is 12.7. The van der Waals surface area contributed by atoms with Crippen LogP contribution in [-0.4, -0.2) is 67.5 Å². The molecule has 0 radical (unpaired) electrons. The number of hydrogen-bond acceptors (Lipinski definition) is 4. The predicted molar refractivity (Wildman–Crippen MR) is 118 cm³/mol. The van der Waals surface area contributed by atoms with Gasteiger partial charge in [0.2, 0.25) is 5.91 Å². The molecule has 2 amide bonds. The monoisotopic (exact) mass is 449 g/mol. The zero-order chi connectivity index (χ0) is 21.5. The van der Waals surface area contributed by atoms with Gasteiger partial charge >= 0.3 is 0 Å². The largest absolute Gasteiger partial charge is 0.492 e. The van der Waals surface area contributed by atoms with Crippen LogP contribution in [0.15, 0.2) is 42.5 Å². The van der Waals surface area contributed by atoms with E-state index < -0.39 is 0 Å². The van der Waals surface area contributed by atoms with Crippen LogP contribution in [0.2, 0.25) is 10.0 Å². The molecule has 0 aromatic heterocycles. The Morgan fingerprint density at radius 2 is 1.83 bits per heavy atom. The number of halogens is 2. The molecule has 1 aliphatic heterocycles. The maximum absolute atomic E-state index is 12.7. The molecule has 8 heteroatoms. The fourth-order valence-corrected chi connectivity index (χ4v) is 3.76. The van der Waals surface area contributed by atoms with Gasteiger partial charge in [-0.25, -0.2) is 0 Å². The highest BCUT2D eigenvalue weighted by Gasteiger charge is 2.24. The molecule has 6 nitrogen and oxygen atoms in total. The summed E-state index contributed by atoms with van der Waals surface area (Å²) in [6.07, 6.45) is 0. The van der Waals surface area contributed by atoms with Crippen molar-refractivity contribution in [3.8, 4) is 5.75 Å². The zero-order valence-electron chi connectivity index (χ0n) is 16.9. The summed E-state index contributed by atoms with van der Waals surface area (Å²) >= 11 is 12.0. The highest BCUT2D eigenvalue weighted by molar-refractivity contribution is 6.36. The number of aryl methyl sites for hydroxylation is 1. The van der Waals surface area contributed by atoms with Crippen LogP contribution in [0.25, 0.3) is 0 Å². The number of carbonyl (C=O) groups is 2. The molecule has 2 aromatic rings. The van der Waals surface area contributed by atoms with Crippen LogP contribution in [0.4, 0.5) is 0 Å². The van der Waals surface area contributed by atoms with Crippen molar-refractivity contribution in [2.45, 2.75) is 6.92 Å². The van der Waals surface area contributed by atoms with Gasteiger partial charge < -0.3 is 15.0 Å². The van der Waals surface area contributed by atoms with Gasteiger partial charge in [0.15, 0.2) is 0 Å². The third-order valence-electron chi connectivity index (χ3n) is 4.87. The van der Waals surface area contributed by atoms with Gasteiger partial charge in [-0.05, 0) is 42.8 Å². The van der Waals surface area contributed by atoms with Gasteiger partial charge in [0.25, 0.3) is 5.91 Å². The summed E-state index contributed by atoms with van der Waals surface area (Å²) < 4.78 is 5.64. The fraction of sp³-hybridized carbons (Fsp3) is 0.364. The lowest BCUT2D eigenvalue weighted by Gasteiger charge is -2.34. The van der Waals surface area contributed by atoms with Gasteiger partial charge in [-0.3, -0.25) is 14.5 Å². The normalized spacial score (nSPS) is 14.4. The van der Waals surface area contributed by atoms with Crippen molar-refractivity contribution in [3.63, 3.8) is 0 Å². The standard InChI is InChI=1S/C22H25Cl2N3O3/c1-16-3-2-4-18(13-16)30-12-7-25-21(28)15-26-8-10-27(11-9-26)22(29)19-6-5-17(23)14-20(19)24/h2-6,13-14H,7-12,15H2,1H3,(H,25,28). The summed E-state index contributed by atoms with van der Waals surface area (Å²) in [6.45, 7) is 5.51. The minimum Gasteiger partial charge on any atom is -0.492 e. The summed E-state index contributed by atoms with van der Waals surface area (Å²) in [6, 6.07) is 12.7. The Bertz CT molecular complexity index is 899. The third-order valence-corrected chi connectivity index (χ3v) is 5.42. The summed E-state index contributed by atoms with van der Waals surface area (Å²) in [5.41, 5.74) is 1.58. The van der Waals surface area contributed by atoms with Gasteiger partial charge in [-0.1, -0.05) is 35.3 Å². The number of amides is 2. The quantitative estimate of drug-likeness (QED) is 0.658. The topological polar surface area (TPSA) is 61.9 Å². The predicted octanol–water partition coefficient (Wildman–Crippen LogP) is 3.25. The van der Waals surface area contributed by atoms with Crippen molar-refractivity contribution >= 4 is 35.0 Å². The lowest BCUT2D eigenvalue weighted by atomic mass is 10.1. The van der Waals surface area contributed by atoms with E-state index in [4.69, 9.17) is 27.9 Å². The minimum absolute atomic E-state index is 0.0524. The van der Waals surface area contributed by atoms with Crippen LogP contribution in [0, 0.1) is 6.92 Å². The van der Waals surface area contributed by atoms with Crippen LogP contribution < -0.4 is 10.1 Å². The number of hydrogen-bond donors (Lipinski definition) is 1. The Morgan fingerprint density at radius 1 is 1.07 bits per heavy atom. The van der Waals surface area contributed by atoms with Gasteiger partial charge in [-0.2, -0.15) is 0 Å². The molecule has 1 aliphatic rings. The molecule has 3 rings (SSSR count). The minimum atomic E-state index is -0.117. The first-order chi connectivity index (χ1) is 14.4. The number of carbonyl (C=O) groups excluding carboxylic acids is 2. The lowest BCUT2D eigenvalue weighted by molar-refractivity contribution is -0.122. The summed E-state index contributed by atoms with van der Waals surface area (Å²) in [4.78, 5) is 28.6. The zero-order valence-corrected chi connectivity index (χ0v) is 18.4. The van der Waals surface area contributed by atoms with Crippen molar-refractivity contribution in [1.82, 2.24) is 15.1 Å². The summed E-state index contributed by atoms with van der Waals surface area (Å²) in [5, 5.41) is 3.72. The van der Waals surface area contributed by atoms with Crippen molar-refractivity contribution in [2.24, 2.45) is 0 Å². The van der Waals surface area contributed by atoms with Crippen LogP contribution in [0.1, 0.15) is 15.9 Å². The molecule has 0 spiro atoms. The molecular formula is C22H25Cl2N3O3. The fourth-order valence-electron chi connectivity index (χ4n) is 3.27. The molecule has 1 heterocycles. The van der Waals surface area contributed by atoms with E-state index in [2.05, 4.69) is 5.32 Å². The van der Waals surface area contributed by atoms with Crippen LogP contribution >= 0.6 is 23.2 Å². The number of ether oxygens (including phenoxy) is 1. The number of nitrogens with zero attached hydrogens (tertiary/aromatic N) is 2. The summed E-state index contributed by atoms with van der Waals surface area (Å²) in [7, 11) is 0. The highest BCUT2D eigenvalue weighted by Crippen LogP contribution is 2.22. The molecule has 2 aromatic carbocycles. The van der Waals surface area contributed by atoms with Crippen LogP contribution in [0.3, 0.4) is 0 Å². The van der Waals surface area contributed by atoms with E-state index in [9.17, 15) is 9.59 Å². The second-order valence-electron chi connectivity index (χ2n) is 7.21. The number of nitrogens with one attached hydrogen (secondary N) is 1. The Morgan fingerprint density at radius 3 is 2.53 bits per heavy atom. The SMILES string of the molecule is Cc1cccc(OCCNC(=O)CN2CCN(C(=O)c3ccc(Cl)cc3Cl)CC2)c1. The molecule has 0 bridgehead atoms. The average Bonchev–Trinajstić information content (AvgIpc) is 2.71. The Hall–Kier alpha value is -2.28. The van der Waals surface area contributed by atoms with Crippen molar-refractivity contribution in [2.75, 3.05) is 45.9 Å². The van der Waals surface area contributed by atoms with Crippen LogP contribution in [0.5, 0.6) is 5.75 Å². The highest BCUT2D eigenvalue weighted by atomic mass is 35.5. The van der Waals surface area contributed by atoms with Gasteiger partial charge in [0, 0.05) is 31.2 Å². The Kier molecular flexibility index (Phi) is 7.96. The molecule has 1 saturated heterocycles. The van der Waals surface area contributed by atoms with E-state index in [0.29, 0.717) is 61.5 Å². The molecule has 30 heavy (non-hydrogen) atoms. The maximum Gasteiger partial charge on any atom is 0.255 e. The van der Waals surface area contributed by atoms with Gasteiger partial charge in [-0.15, -0.1) is 0 Å².